The Bertz CT molecular complexity index is 1120. The van der Waals surface area contributed by atoms with Gasteiger partial charge in [0.2, 0.25) is 5.76 Å². The maximum Gasteiger partial charge on any atom is 0.296 e. The highest BCUT2D eigenvalue weighted by Gasteiger charge is 2.19. The molecular weight excluding hydrogens is 371 g/mol. The Kier molecular flexibility index (Phi) is 4.35. The quantitative estimate of drug-likeness (QED) is 0.557. The number of halogens is 1. The van der Waals surface area contributed by atoms with Crippen LogP contribution >= 0.6 is 11.3 Å². The summed E-state index contributed by atoms with van der Waals surface area (Å²) in [6, 6.07) is 14.1. The standard InChI is InChI=1S/C18H11FN4O3S/c19-10-4-3-5-11(8-10)20-16(24)13-9-14(26-23-13)17(25)22-18-21-12-6-1-2-7-15(12)27-18/h1-9H,(H,20,24)(H,21,22,25). The first-order valence-electron chi connectivity index (χ1n) is 7.79. The second-order valence-corrected chi connectivity index (χ2v) is 6.51. The molecule has 0 aliphatic rings. The SMILES string of the molecule is O=C(Nc1cccc(F)c1)c1cc(C(=O)Nc2nc3ccccc3s2)on1. The van der Waals surface area contributed by atoms with Gasteiger partial charge in [0.15, 0.2) is 10.8 Å². The minimum Gasteiger partial charge on any atom is -0.350 e. The first-order valence-corrected chi connectivity index (χ1v) is 8.61. The Morgan fingerprint density at radius 2 is 1.85 bits per heavy atom. The van der Waals surface area contributed by atoms with Crippen molar-refractivity contribution in [1.29, 1.82) is 0 Å². The van der Waals surface area contributed by atoms with E-state index in [0.717, 1.165) is 10.2 Å². The van der Waals surface area contributed by atoms with Gasteiger partial charge in [-0.25, -0.2) is 9.37 Å². The molecule has 0 atom stereocenters. The number of benzene rings is 2. The maximum atomic E-state index is 13.2. The van der Waals surface area contributed by atoms with E-state index in [-0.39, 0.29) is 17.1 Å². The molecule has 2 aromatic carbocycles. The smallest absolute Gasteiger partial charge is 0.296 e. The molecule has 0 aliphatic heterocycles. The second-order valence-electron chi connectivity index (χ2n) is 5.48. The van der Waals surface area contributed by atoms with E-state index < -0.39 is 17.6 Å². The number of para-hydroxylation sites is 1. The first-order chi connectivity index (χ1) is 13.1. The van der Waals surface area contributed by atoms with E-state index in [1.54, 1.807) is 0 Å². The molecule has 7 nitrogen and oxygen atoms in total. The highest BCUT2D eigenvalue weighted by Crippen LogP contribution is 2.25. The molecule has 4 rings (SSSR count). The van der Waals surface area contributed by atoms with Crippen molar-refractivity contribution in [3.63, 3.8) is 0 Å². The van der Waals surface area contributed by atoms with Crippen LogP contribution in [0, 0.1) is 5.82 Å². The number of rotatable bonds is 4. The van der Waals surface area contributed by atoms with E-state index >= 15 is 0 Å². The molecule has 0 radical (unpaired) electrons. The number of nitrogens with zero attached hydrogens (tertiary/aromatic N) is 2. The van der Waals surface area contributed by atoms with Gasteiger partial charge in [-0.15, -0.1) is 0 Å². The number of carbonyl (C=O) groups excluding carboxylic acids is 2. The largest absolute Gasteiger partial charge is 0.350 e. The van der Waals surface area contributed by atoms with Crippen molar-refractivity contribution < 1.29 is 18.5 Å². The Balaban J connectivity index is 1.46. The fourth-order valence-corrected chi connectivity index (χ4v) is 3.20. The lowest BCUT2D eigenvalue weighted by Gasteiger charge is -2.01. The van der Waals surface area contributed by atoms with E-state index in [4.69, 9.17) is 4.52 Å². The molecule has 27 heavy (non-hydrogen) atoms. The summed E-state index contributed by atoms with van der Waals surface area (Å²) in [6.07, 6.45) is 0. The molecule has 134 valence electrons. The topological polar surface area (TPSA) is 97.1 Å². The highest BCUT2D eigenvalue weighted by atomic mass is 32.1. The van der Waals surface area contributed by atoms with Crippen molar-refractivity contribution in [2.24, 2.45) is 0 Å². The minimum absolute atomic E-state index is 0.103. The zero-order valence-electron chi connectivity index (χ0n) is 13.6. The van der Waals surface area contributed by atoms with Crippen LogP contribution in [0.4, 0.5) is 15.2 Å². The van der Waals surface area contributed by atoms with Crippen LogP contribution < -0.4 is 10.6 Å². The number of anilines is 2. The molecule has 2 aromatic heterocycles. The minimum atomic E-state index is -0.622. The summed E-state index contributed by atoms with van der Waals surface area (Å²) in [4.78, 5) is 28.7. The van der Waals surface area contributed by atoms with Crippen LogP contribution in [0.1, 0.15) is 21.0 Å². The molecule has 0 aliphatic carbocycles. The number of nitrogens with one attached hydrogen (secondary N) is 2. The van der Waals surface area contributed by atoms with Crippen LogP contribution in [0.2, 0.25) is 0 Å². The van der Waals surface area contributed by atoms with E-state index in [2.05, 4.69) is 20.8 Å². The third kappa shape index (κ3) is 3.67. The van der Waals surface area contributed by atoms with E-state index in [1.807, 2.05) is 24.3 Å². The summed E-state index contributed by atoms with van der Waals surface area (Å²) in [5.74, 6) is -1.82. The van der Waals surface area contributed by atoms with Crippen molar-refractivity contribution in [2.45, 2.75) is 0 Å². The monoisotopic (exact) mass is 382 g/mol. The summed E-state index contributed by atoms with van der Waals surface area (Å²) in [5.41, 5.74) is 0.933. The van der Waals surface area contributed by atoms with Gasteiger partial charge >= 0.3 is 0 Å². The number of thiazole rings is 1. The van der Waals surface area contributed by atoms with Gasteiger partial charge in [-0.05, 0) is 30.3 Å². The molecule has 0 spiro atoms. The van der Waals surface area contributed by atoms with E-state index in [0.29, 0.717) is 5.13 Å². The summed E-state index contributed by atoms with van der Waals surface area (Å²) in [7, 11) is 0. The molecule has 0 saturated carbocycles. The van der Waals surface area contributed by atoms with Gasteiger partial charge in [-0.1, -0.05) is 34.7 Å². The van der Waals surface area contributed by atoms with Gasteiger partial charge in [0, 0.05) is 11.8 Å². The third-order valence-corrected chi connectivity index (χ3v) is 4.52. The predicted octanol–water partition coefficient (Wildman–Crippen LogP) is 3.93. The van der Waals surface area contributed by atoms with Crippen molar-refractivity contribution >= 4 is 44.2 Å². The number of carbonyl (C=O) groups is 2. The second kappa shape index (κ2) is 6.96. The summed E-state index contributed by atoms with van der Waals surface area (Å²) >= 11 is 1.32. The molecule has 4 aromatic rings. The van der Waals surface area contributed by atoms with Crippen LogP contribution in [0.3, 0.4) is 0 Å². The lowest BCUT2D eigenvalue weighted by atomic mass is 10.3. The van der Waals surface area contributed by atoms with Crippen LogP contribution in [0.5, 0.6) is 0 Å². The summed E-state index contributed by atoms with van der Waals surface area (Å²) in [5, 5.41) is 9.07. The molecular formula is C18H11FN4O3S. The van der Waals surface area contributed by atoms with Crippen LogP contribution in [-0.2, 0) is 0 Å². The van der Waals surface area contributed by atoms with Gasteiger partial charge in [0.1, 0.15) is 5.82 Å². The molecule has 0 bridgehead atoms. The molecule has 0 unspecified atom stereocenters. The number of fused-ring (bicyclic) bond motifs is 1. The number of amides is 2. The number of hydrogen-bond acceptors (Lipinski definition) is 6. The average molecular weight is 382 g/mol. The van der Waals surface area contributed by atoms with Crippen LogP contribution in [0.15, 0.2) is 59.1 Å². The van der Waals surface area contributed by atoms with Crippen LogP contribution in [-0.4, -0.2) is 22.0 Å². The molecule has 0 fully saturated rings. The Morgan fingerprint density at radius 3 is 2.67 bits per heavy atom. The summed E-state index contributed by atoms with van der Waals surface area (Å²) < 4.78 is 19.0. The first kappa shape index (κ1) is 16.9. The predicted molar refractivity (Wildman–Crippen MR) is 98.4 cm³/mol. The lowest BCUT2D eigenvalue weighted by Crippen LogP contribution is -2.13. The zero-order valence-corrected chi connectivity index (χ0v) is 14.4. The number of aromatic nitrogens is 2. The highest BCUT2D eigenvalue weighted by molar-refractivity contribution is 7.22. The molecule has 2 heterocycles. The Labute approximate surface area is 155 Å². The van der Waals surface area contributed by atoms with Crippen molar-refractivity contribution in [3.8, 4) is 0 Å². The fourth-order valence-electron chi connectivity index (χ4n) is 2.33. The van der Waals surface area contributed by atoms with Gasteiger partial charge in [0.05, 0.1) is 10.2 Å². The van der Waals surface area contributed by atoms with Crippen molar-refractivity contribution in [3.05, 3.63) is 71.9 Å². The summed E-state index contributed by atoms with van der Waals surface area (Å²) in [6.45, 7) is 0. The molecule has 2 N–H and O–H groups in total. The maximum absolute atomic E-state index is 13.2. The number of hydrogen-bond donors (Lipinski definition) is 2. The third-order valence-electron chi connectivity index (χ3n) is 3.56. The van der Waals surface area contributed by atoms with Gasteiger partial charge in [-0.2, -0.15) is 0 Å². The fraction of sp³-hybridized carbons (Fsp3) is 0. The molecule has 2 amide bonds. The van der Waals surface area contributed by atoms with Crippen molar-refractivity contribution in [2.75, 3.05) is 10.6 Å². The Morgan fingerprint density at radius 1 is 1.00 bits per heavy atom. The van der Waals surface area contributed by atoms with Gasteiger partial charge in [-0.3, -0.25) is 14.9 Å². The van der Waals surface area contributed by atoms with Crippen LogP contribution in [0.25, 0.3) is 10.2 Å². The van der Waals surface area contributed by atoms with E-state index in [1.165, 1.54) is 41.7 Å². The average Bonchev–Trinajstić information content (AvgIpc) is 3.28. The van der Waals surface area contributed by atoms with Gasteiger partial charge in [0.25, 0.3) is 11.8 Å². The normalized spacial score (nSPS) is 10.7. The van der Waals surface area contributed by atoms with Crippen molar-refractivity contribution in [1.82, 2.24) is 10.1 Å². The van der Waals surface area contributed by atoms with Gasteiger partial charge < -0.3 is 9.84 Å². The lowest BCUT2D eigenvalue weighted by molar-refractivity contribution is 0.0980. The van der Waals surface area contributed by atoms with E-state index in [9.17, 15) is 14.0 Å². The molecule has 0 saturated heterocycles. The molecule has 9 heteroatoms. The Hall–Kier alpha value is -3.59. The zero-order chi connectivity index (χ0) is 18.8.